The first-order valence-electron chi connectivity index (χ1n) is 8.77. The van der Waals surface area contributed by atoms with Crippen molar-refractivity contribution in [3.05, 3.63) is 40.8 Å². The largest absolute Gasteiger partial charge is 0.433 e. The van der Waals surface area contributed by atoms with Crippen LogP contribution in [0, 0.1) is 0 Å². The number of alkyl halides is 2. The second-order valence-electron chi connectivity index (χ2n) is 6.69. The van der Waals surface area contributed by atoms with Crippen molar-refractivity contribution in [3.63, 3.8) is 0 Å². The number of ketones is 1. The highest BCUT2D eigenvalue weighted by molar-refractivity contribution is 7.91. The number of nitrogens with zero attached hydrogens (tertiary/aromatic N) is 2. The smallest absolute Gasteiger partial charge is 0.387 e. The first-order chi connectivity index (χ1) is 13.8. The minimum Gasteiger partial charge on any atom is -0.433 e. The van der Waals surface area contributed by atoms with Gasteiger partial charge in [0.15, 0.2) is 15.6 Å². The number of ether oxygens (including phenoxy) is 1. The standard InChI is InChI=1S/C18H16F2N2O6S/c1-26-22-12-6-7-29(24,25)13-5-4-10(17(14(12)13)27-18(19)20)15(23)11-8-21-28-16(11)9-2-3-9/h4-5,8-9,18H,2-3,6-7H2,1H3. The van der Waals surface area contributed by atoms with Crippen LogP contribution in [-0.4, -0.2) is 44.5 Å². The van der Waals surface area contributed by atoms with Gasteiger partial charge in [-0.05, 0) is 25.0 Å². The number of halogens is 2. The molecule has 4 rings (SSSR count). The van der Waals surface area contributed by atoms with E-state index in [1.54, 1.807) is 0 Å². The molecule has 1 aromatic carbocycles. The summed E-state index contributed by atoms with van der Waals surface area (Å²) in [5.74, 6) is -1.02. The highest BCUT2D eigenvalue weighted by Crippen LogP contribution is 2.43. The highest BCUT2D eigenvalue weighted by Gasteiger charge is 2.37. The molecule has 1 aliphatic heterocycles. The maximum Gasteiger partial charge on any atom is 0.387 e. The molecule has 1 aromatic heterocycles. The lowest BCUT2D eigenvalue weighted by Gasteiger charge is -2.22. The number of carbonyl (C=O) groups excluding carboxylic acids is 1. The topological polar surface area (TPSA) is 108 Å². The average Bonchev–Trinajstić information content (AvgIpc) is 3.40. The van der Waals surface area contributed by atoms with Crippen LogP contribution in [0.25, 0.3) is 0 Å². The lowest BCUT2D eigenvalue weighted by Crippen LogP contribution is -2.25. The molecule has 2 heterocycles. The third-order valence-electron chi connectivity index (χ3n) is 4.79. The Balaban J connectivity index is 1.93. The Kier molecular flexibility index (Phi) is 4.85. The van der Waals surface area contributed by atoms with Crippen LogP contribution in [-0.2, 0) is 14.7 Å². The quantitative estimate of drug-likeness (QED) is 0.516. The van der Waals surface area contributed by atoms with E-state index in [2.05, 4.69) is 15.0 Å². The summed E-state index contributed by atoms with van der Waals surface area (Å²) >= 11 is 0. The zero-order valence-corrected chi connectivity index (χ0v) is 16.0. The van der Waals surface area contributed by atoms with Crippen LogP contribution in [0.1, 0.15) is 52.4 Å². The number of benzene rings is 1. The Morgan fingerprint density at radius 3 is 2.72 bits per heavy atom. The van der Waals surface area contributed by atoms with Gasteiger partial charge in [-0.2, -0.15) is 8.78 Å². The first-order valence-corrected chi connectivity index (χ1v) is 10.4. The number of sulfone groups is 1. The van der Waals surface area contributed by atoms with E-state index >= 15 is 0 Å². The number of hydrogen-bond acceptors (Lipinski definition) is 8. The molecule has 2 aliphatic rings. The van der Waals surface area contributed by atoms with E-state index in [0.29, 0.717) is 5.76 Å². The lowest BCUT2D eigenvalue weighted by molar-refractivity contribution is -0.0504. The van der Waals surface area contributed by atoms with Gasteiger partial charge in [-0.15, -0.1) is 0 Å². The van der Waals surface area contributed by atoms with Crippen molar-refractivity contribution in [1.29, 1.82) is 0 Å². The van der Waals surface area contributed by atoms with E-state index in [0.717, 1.165) is 18.9 Å². The minimum atomic E-state index is -3.76. The van der Waals surface area contributed by atoms with Gasteiger partial charge in [-0.1, -0.05) is 10.3 Å². The molecule has 154 valence electrons. The van der Waals surface area contributed by atoms with E-state index in [1.165, 1.54) is 19.4 Å². The van der Waals surface area contributed by atoms with Gasteiger partial charge in [0.05, 0.1) is 39.2 Å². The summed E-state index contributed by atoms with van der Waals surface area (Å²) in [7, 11) is -2.52. The molecule has 1 saturated carbocycles. The van der Waals surface area contributed by atoms with Gasteiger partial charge in [-0.3, -0.25) is 4.79 Å². The second-order valence-corrected chi connectivity index (χ2v) is 8.77. The van der Waals surface area contributed by atoms with Crippen molar-refractivity contribution in [2.45, 2.75) is 36.7 Å². The SMILES string of the molecule is CON=C1CCS(=O)(=O)c2ccc(C(=O)c3cnoc3C3CC3)c(OC(F)F)c21. The first kappa shape index (κ1) is 19.5. The molecule has 8 nitrogen and oxygen atoms in total. The number of hydrogen-bond donors (Lipinski definition) is 0. The van der Waals surface area contributed by atoms with Crippen molar-refractivity contribution < 1.29 is 36.1 Å². The van der Waals surface area contributed by atoms with E-state index < -0.39 is 28.0 Å². The summed E-state index contributed by atoms with van der Waals surface area (Å²) in [5, 5.41) is 7.41. The van der Waals surface area contributed by atoms with Gasteiger partial charge >= 0.3 is 6.61 Å². The van der Waals surface area contributed by atoms with Gasteiger partial charge in [0.25, 0.3) is 0 Å². The molecule has 11 heteroatoms. The summed E-state index contributed by atoms with van der Waals surface area (Å²) in [5.41, 5.74) is -0.172. The summed E-state index contributed by atoms with van der Waals surface area (Å²) in [6, 6.07) is 2.36. The molecular weight excluding hydrogens is 410 g/mol. The zero-order valence-electron chi connectivity index (χ0n) is 15.2. The zero-order chi connectivity index (χ0) is 20.8. The second kappa shape index (κ2) is 7.21. The van der Waals surface area contributed by atoms with E-state index in [1.807, 2.05) is 0 Å². The molecule has 1 aliphatic carbocycles. The van der Waals surface area contributed by atoms with Crippen LogP contribution in [0.4, 0.5) is 8.78 Å². The van der Waals surface area contributed by atoms with Crippen molar-refractivity contribution in [3.8, 4) is 5.75 Å². The van der Waals surface area contributed by atoms with Crippen LogP contribution in [0.5, 0.6) is 5.75 Å². The third kappa shape index (κ3) is 3.50. The normalized spacial score (nSPS) is 19.2. The van der Waals surface area contributed by atoms with Gasteiger partial charge < -0.3 is 14.1 Å². The van der Waals surface area contributed by atoms with Gasteiger partial charge in [0.1, 0.15) is 12.9 Å². The number of fused-ring (bicyclic) bond motifs is 1. The summed E-state index contributed by atoms with van der Waals surface area (Å²) < 4.78 is 61.2. The molecule has 0 saturated heterocycles. The fourth-order valence-electron chi connectivity index (χ4n) is 3.36. The lowest BCUT2D eigenvalue weighted by atomic mass is 9.96. The molecule has 2 aromatic rings. The number of carbonyl (C=O) groups is 1. The summed E-state index contributed by atoms with van der Waals surface area (Å²) in [4.78, 5) is 17.6. The Bertz CT molecular complexity index is 1110. The van der Waals surface area contributed by atoms with Gasteiger partial charge in [0.2, 0.25) is 5.78 Å². The van der Waals surface area contributed by atoms with Crippen molar-refractivity contribution in [1.82, 2.24) is 5.16 Å². The van der Waals surface area contributed by atoms with E-state index in [4.69, 9.17) is 9.36 Å². The molecule has 0 radical (unpaired) electrons. The molecule has 0 amide bonds. The maximum atomic E-state index is 13.2. The summed E-state index contributed by atoms with van der Waals surface area (Å²) in [6.45, 7) is -3.29. The number of rotatable bonds is 6. The van der Waals surface area contributed by atoms with Crippen LogP contribution in [0.3, 0.4) is 0 Å². The van der Waals surface area contributed by atoms with Gasteiger partial charge in [0, 0.05) is 12.3 Å². The predicted molar refractivity (Wildman–Crippen MR) is 95.2 cm³/mol. The monoisotopic (exact) mass is 426 g/mol. The number of aromatic nitrogens is 1. The fourth-order valence-corrected chi connectivity index (χ4v) is 4.84. The molecular formula is C18H16F2N2O6S. The van der Waals surface area contributed by atoms with E-state index in [9.17, 15) is 22.0 Å². The third-order valence-corrected chi connectivity index (χ3v) is 6.55. The van der Waals surface area contributed by atoms with E-state index in [-0.39, 0.29) is 45.4 Å². The molecule has 0 atom stereocenters. The molecule has 0 spiro atoms. The van der Waals surface area contributed by atoms with Gasteiger partial charge in [-0.25, -0.2) is 8.42 Å². The Morgan fingerprint density at radius 1 is 1.31 bits per heavy atom. The Labute approximate surface area is 164 Å². The highest BCUT2D eigenvalue weighted by atomic mass is 32.2. The predicted octanol–water partition coefficient (Wildman–Crippen LogP) is 2.91. The van der Waals surface area contributed by atoms with Crippen LogP contribution in [0.15, 0.2) is 32.9 Å². The van der Waals surface area contributed by atoms with Crippen molar-refractivity contribution in [2.75, 3.05) is 12.9 Å². The average molecular weight is 426 g/mol. The van der Waals surface area contributed by atoms with Crippen molar-refractivity contribution in [2.24, 2.45) is 5.16 Å². The fraction of sp³-hybridized carbons (Fsp3) is 0.389. The molecule has 0 bridgehead atoms. The minimum absolute atomic E-state index is 0.0551. The summed E-state index contributed by atoms with van der Waals surface area (Å²) in [6.07, 6.45) is 2.83. The Morgan fingerprint density at radius 2 is 2.07 bits per heavy atom. The Hall–Kier alpha value is -2.82. The molecule has 1 fully saturated rings. The van der Waals surface area contributed by atoms with Crippen LogP contribution in [0.2, 0.25) is 0 Å². The number of oxime groups is 1. The molecule has 29 heavy (non-hydrogen) atoms. The van der Waals surface area contributed by atoms with Crippen molar-refractivity contribution >= 4 is 21.3 Å². The molecule has 0 unspecified atom stereocenters. The maximum absolute atomic E-state index is 13.2. The van der Waals surface area contributed by atoms with Crippen LogP contribution < -0.4 is 4.74 Å². The molecule has 0 N–H and O–H groups in total. The van der Waals surface area contributed by atoms with Crippen LogP contribution >= 0.6 is 0 Å².